The van der Waals surface area contributed by atoms with Crippen LogP contribution in [0.2, 0.25) is 0 Å². The molecule has 0 spiro atoms. The van der Waals surface area contributed by atoms with Crippen LogP contribution in [-0.4, -0.2) is 27.6 Å². The molecule has 0 aliphatic heterocycles. The lowest BCUT2D eigenvalue weighted by Crippen LogP contribution is -2.19. The second-order valence-corrected chi connectivity index (χ2v) is 4.04. The minimum atomic E-state index is 0.116. The van der Waals surface area contributed by atoms with Crippen LogP contribution in [0.15, 0.2) is 12.4 Å². The standard InChI is InChI=1S/C11H18N2O2/c14-7-6-13-9-11(8-12-13)15-10-4-2-1-3-5-10/h8-10,14H,1-7H2. The summed E-state index contributed by atoms with van der Waals surface area (Å²) in [6, 6.07) is 0. The molecule has 0 radical (unpaired) electrons. The van der Waals surface area contributed by atoms with Crippen LogP contribution in [0.3, 0.4) is 0 Å². The van der Waals surface area contributed by atoms with Gasteiger partial charge in [0.2, 0.25) is 0 Å². The van der Waals surface area contributed by atoms with Gasteiger partial charge in [-0.05, 0) is 25.7 Å². The predicted molar refractivity (Wildman–Crippen MR) is 56.8 cm³/mol. The molecule has 2 rings (SSSR count). The fraction of sp³-hybridized carbons (Fsp3) is 0.727. The van der Waals surface area contributed by atoms with Crippen LogP contribution in [0.1, 0.15) is 32.1 Å². The lowest BCUT2D eigenvalue weighted by atomic mass is 9.98. The summed E-state index contributed by atoms with van der Waals surface area (Å²) in [5.41, 5.74) is 0. The highest BCUT2D eigenvalue weighted by Crippen LogP contribution is 2.22. The van der Waals surface area contributed by atoms with Crippen molar-refractivity contribution in [2.24, 2.45) is 0 Å². The highest BCUT2D eigenvalue weighted by molar-refractivity contribution is 5.12. The Morgan fingerprint density at radius 3 is 2.93 bits per heavy atom. The maximum Gasteiger partial charge on any atom is 0.157 e. The van der Waals surface area contributed by atoms with Crippen LogP contribution >= 0.6 is 0 Å². The van der Waals surface area contributed by atoms with Crippen molar-refractivity contribution >= 4 is 0 Å². The van der Waals surface area contributed by atoms with Crippen molar-refractivity contribution < 1.29 is 9.84 Å². The van der Waals surface area contributed by atoms with Gasteiger partial charge in [0.15, 0.2) is 5.75 Å². The Balaban J connectivity index is 1.86. The first-order valence-electron chi connectivity index (χ1n) is 5.68. The maximum atomic E-state index is 8.75. The van der Waals surface area contributed by atoms with Gasteiger partial charge in [-0.3, -0.25) is 4.68 Å². The van der Waals surface area contributed by atoms with Gasteiger partial charge in [-0.2, -0.15) is 5.10 Å². The molecule has 0 amide bonds. The molecule has 1 aliphatic carbocycles. The lowest BCUT2D eigenvalue weighted by Gasteiger charge is -2.21. The molecular weight excluding hydrogens is 192 g/mol. The van der Waals surface area contributed by atoms with Gasteiger partial charge in [0.25, 0.3) is 0 Å². The Kier molecular flexibility index (Phi) is 3.61. The minimum absolute atomic E-state index is 0.116. The smallest absolute Gasteiger partial charge is 0.157 e. The van der Waals surface area contributed by atoms with Crippen molar-refractivity contribution in [2.45, 2.75) is 44.8 Å². The number of aliphatic hydroxyl groups is 1. The third kappa shape index (κ3) is 2.96. The number of rotatable bonds is 4. The Morgan fingerprint density at radius 2 is 2.20 bits per heavy atom. The van der Waals surface area contributed by atoms with Gasteiger partial charge < -0.3 is 9.84 Å². The molecule has 0 bridgehead atoms. The summed E-state index contributed by atoms with van der Waals surface area (Å²) in [5, 5.41) is 12.9. The van der Waals surface area contributed by atoms with Crippen molar-refractivity contribution in [3.8, 4) is 5.75 Å². The van der Waals surface area contributed by atoms with E-state index < -0.39 is 0 Å². The third-order valence-corrected chi connectivity index (χ3v) is 2.79. The summed E-state index contributed by atoms with van der Waals surface area (Å²) < 4.78 is 7.52. The van der Waals surface area contributed by atoms with Gasteiger partial charge in [0.1, 0.15) is 0 Å². The predicted octanol–water partition coefficient (Wildman–Crippen LogP) is 1.59. The third-order valence-electron chi connectivity index (χ3n) is 2.79. The molecular formula is C11H18N2O2. The van der Waals surface area contributed by atoms with Crippen molar-refractivity contribution in [2.75, 3.05) is 6.61 Å². The second-order valence-electron chi connectivity index (χ2n) is 4.04. The SMILES string of the molecule is OCCn1cc(OC2CCCCC2)cn1. The van der Waals surface area contributed by atoms with Crippen molar-refractivity contribution in [1.29, 1.82) is 0 Å². The summed E-state index contributed by atoms with van der Waals surface area (Å²) in [5.74, 6) is 0.829. The average Bonchev–Trinajstić information content (AvgIpc) is 2.68. The van der Waals surface area contributed by atoms with Crippen LogP contribution in [0.4, 0.5) is 0 Å². The zero-order valence-electron chi connectivity index (χ0n) is 8.93. The highest BCUT2D eigenvalue weighted by Gasteiger charge is 2.15. The van der Waals surface area contributed by atoms with Crippen LogP contribution < -0.4 is 4.74 Å². The Hall–Kier alpha value is -1.03. The monoisotopic (exact) mass is 210 g/mol. The van der Waals surface area contributed by atoms with Crippen LogP contribution in [0.25, 0.3) is 0 Å². The van der Waals surface area contributed by atoms with E-state index in [1.165, 1.54) is 19.3 Å². The normalized spacial score (nSPS) is 17.9. The summed E-state index contributed by atoms with van der Waals surface area (Å²) in [7, 11) is 0. The summed E-state index contributed by atoms with van der Waals surface area (Å²) in [6.45, 7) is 0.651. The zero-order chi connectivity index (χ0) is 10.5. The first-order valence-corrected chi connectivity index (χ1v) is 5.68. The summed E-state index contributed by atoms with van der Waals surface area (Å²) in [4.78, 5) is 0. The Morgan fingerprint density at radius 1 is 1.40 bits per heavy atom. The molecule has 0 aromatic carbocycles. The second kappa shape index (κ2) is 5.16. The molecule has 0 saturated heterocycles. The van der Waals surface area contributed by atoms with Gasteiger partial charge in [0, 0.05) is 0 Å². The highest BCUT2D eigenvalue weighted by atomic mass is 16.5. The fourth-order valence-corrected chi connectivity index (χ4v) is 2.01. The summed E-state index contributed by atoms with van der Waals surface area (Å²) >= 11 is 0. The van der Waals surface area contributed by atoms with E-state index in [4.69, 9.17) is 9.84 Å². The van der Waals surface area contributed by atoms with E-state index in [0.29, 0.717) is 12.6 Å². The number of hydrogen-bond donors (Lipinski definition) is 1. The molecule has 1 aromatic rings. The quantitative estimate of drug-likeness (QED) is 0.821. The number of aliphatic hydroxyl groups excluding tert-OH is 1. The van der Waals surface area contributed by atoms with Gasteiger partial charge in [-0.1, -0.05) is 6.42 Å². The minimum Gasteiger partial charge on any atom is -0.487 e. The Labute approximate surface area is 89.9 Å². The fourth-order valence-electron chi connectivity index (χ4n) is 2.01. The lowest BCUT2D eigenvalue weighted by molar-refractivity contribution is 0.154. The van der Waals surface area contributed by atoms with E-state index in [0.717, 1.165) is 18.6 Å². The molecule has 1 heterocycles. The van der Waals surface area contributed by atoms with E-state index in [1.807, 2.05) is 6.20 Å². The Bertz CT molecular complexity index is 293. The van der Waals surface area contributed by atoms with E-state index in [2.05, 4.69) is 5.10 Å². The molecule has 15 heavy (non-hydrogen) atoms. The number of nitrogens with zero attached hydrogens (tertiary/aromatic N) is 2. The molecule has 0 atom stereocenters. The van der Waals surface area contributed by atoms with Crippen LogP contribution in [0, 0.1) is 0 Å². The largest absolute Gasteiger partial charge is 0.487 e. The van der Waals surface area contributed by atoms with E-state index in [1.54, 1.807) is 10.9 Å². The first-order chi connectivity index (χ1) is 7.38. The van der Waals surface area contributed by atoms with Crippen molar-refractivity contribution in [1.82, 2.24) is 9.78 Å². The topological polar surface area (TPSA) is 47.3 Å². The van der Waals surface area contributed by atoms with Gasteiger partial charge >= 0.3 is 0 Å². The number of aromatic nitrogens is 2. The molecule has 1 saturated carbocycles. The average molecular weight is 210 g/mol. The maximum absolute atomic E-state index is 8.75. The molecule has 84 valence electrons. The van der Waals surface area contributed by atoms with Gasteiger partial charge in [-0.15, -0.1) is 0 Å². The van der Waals surface area contributed by atoms with Gasteiger partial charge in [0.05, 0.1) is 31.6 Å². The van der Waals surface area contributed by atoms with Crippen LogP contribution in [0.5, 0.6) is 5.75 Å². The zero-order valence-corrected chi connectivity index (χ0v) is 8.93. The van der Waals surface area contributed by atoms with E-state index >= 15 is 0 Å². The molecule has 4 heteroatoms. The van der Waals surface area contributed by atoms with Crippen LogP contribution in [-0.2, 0) is 6.54 Å². The molecule has 1 aliphatic rings. The van der Waals surface area contributed by atoms with Gasteiger partial charge in [-0.25, -0.2) is 0 Å². The van der Waals surface area contributed by atoms with Crippen molar-refractivity contribution in [3.63, 3.8) is 0 Å². The molecule has 4 nitrogen and oxygen atoms in total. The molecule has 1 N–H and O–H groups in total. The molecule has 1 aromatic heterocycles. The van der Waals surface area contributed by atoms with E-state index in [-0.39, 0.29) is 6.61 Å². The summed E-state index contributed by atoms with van der Waals surface area (Å²) in [6.07, 6.45) is 10.1. The van der Waals surface area contributed by atoms with Crippen molar-refractivity contribution in [3.05, 3.63) is 12.4 Å². The first kappa shape index (κ1) is 10.5. The molecule has 1 fully saturated rings. The number of ether oxygens (including phenoxy) is 1. The van der Waals surface area contributed by atoms with E-state index in [9.17, 15) is 0 Å². The molecule has 0 unspecified atom stereocenters. The number of hydrogen-bond acceptors (Lipinski definition) is 3.